The predicted molar refractivity (Wildman–Crippen MR) is 93.8 cm³/mol. The van der Waals surface area contributed by atoms with Gasteiger partial charge in [-0.3, -0.25) is 0 Å². The maximum absolute atomic E-state index is 12.1. The van der Waals surface area contributed by atoms with Crippen molar-refractivity contribution < 1.29 is 9.53 Å². The van der Waals surface area contributed by atoms with E-state index in [9.17, 15) is 4.79 Å². The molecule has 1 aliphatic heterocycles. The van der Waals surface area contributed by atoms with Crippen LogP contribution in [0.25, 0.3) is 0 Å². The third-order valence-electron chi connectivity index (χ3n) is 3.92. The molecule has 2 rings (SSSR count). The molecule has 1 saturated heterocycles. The number of carbonyl (C=O) groups is 1. The minimum absolute atomic E-state index is 0.141. The Labute approximate surface area is 143 Å². The highest BCUT2D eigenvalue weighted by molar-refractivity contribution is 7.09. The van der Waals surface area contributed by atoms with E-state index < -0.39 is 5.60 Å². The lowest BCUT2D eigenvalue weighted by molar-refractivity contribution is 0.0288. The van der Waals surface area contributed by atoms with Crippen molar-refractivity contribution in [3.05, 3.63) is 16.1 Å². The van der Waals surface area contributed by atoms with E-state index in [1.807, 2.05) is 32.6 Å². The molecule has 0 saturated carbocycles. The lowest BCUT2D eigenvalue weighted by atomic mass is 10.0. The van der Waals surface area contributed by atoms with Gasteiger partial charge in [0.15, 0.2) is 0 Å². The number of aromatic nitrogens is 1. The van der Waals surface area contributed by atoms with Crippen molar-refractivity contribution in [3.8, 4) is 0 Å². The Bertz CT molecular complexity index is 548. The van der Waals surface area contributed by atoms with Crippen LogP contribution >= 0.6 is 11.3 Å². The first-order valence-corrected chi connectivity index (χ1v) is 9.10. The molecule has 2 heterocycles. The van der Waals surface area contributed by atoms with Gasteiger partial charge in [-0.2, -0.15) is 0 Å². The van der Waals surface area contributed by atoms with Gasteiger partial charge in [-0.25, -0.2) is 9.78 Å². The second kappa shape index (κ2) is 6.77. The summed E-state index contributed by atoms with van der Waals surface area (Å²) in [5.41, 5.74) is 0.493. The van der Waals surface area contributed by atoms with Crippen LogP contribution in [0.15, 0.2) is 5.38 Å². The Morgan fingerprint density at radius 3 is 2.70 bits per heavy atom. The van der Waals surface area contributed by atoms with Gasteiger partial charge in [0.25, 0.3) is 0 Å². The first kappa shape index (κ1) is 18.2. The summed E-state index contributed by atoms with van der Waals surface area (Å²) in [7, 11) is 0. The molecule has 1 aromatic rings. The van der Waals surface area contributed by atoms with Gasteiger partial charge in [0, 0.05) is 30.7 Å². The highest BCUT2D eigenvalue weighted by Crippen LogP contribution is 2.25. The van der Waals surface area contributed by atoms with Crippen molar-refractivity contribution in [1.29, 1.82) is 0 Å². The SMILES string of the molecule is Cc1csc(C(C)(C)NC[C@@H]2CCN(C(=O)OC(C)(C)C)C2)n1. The molecular weight excluding hydrogens is 310 g/mol. The predicted octanol–water partition coefficient (Wildman–Crippen LogP) is 3.53. The molecule has 0 aliphatic carbocycles. The van der Waals surface area contributed by atoms with Crippen LogP contribution in [0.4, 0.5) is 4.79 Å². The molecule has 130 valence electrons. The number of hydrogen-bond acceptors (Lipinski definition) is 5. The third kappa shape index (κ3) is 5.18. The number of thiazole rings is 1. The van der Waals surface area contributed by atoms with E-state index in [1.54, 1.807) is 11.3 Å². The van der Waals surface area contributed by atoms with Crippen molar-refractivity contribution >= 4 is 17.4 Å². The molecule has 1 N–H and O–H groups in total. The molecule has 0 bridgehead atoms. The van der Waals surface area contributed by atoms with Gasteiger partial charge < -0.3 is 15.0 Å². The summed E-state index contributed by atoms with van der Waals surface area (Å²) in [5, 5.41) is 6.80. The van der Waals surface area contributed by atoms with Gasteiger partial charge in [-0.1, -0.05) is 0 Å². The standard InChI is InChI=1S/C17H29N3O2S/c1-12-11-23-14(19-12)17(5,6)18-9-13-7-8-20(10-13)15(21)22-16(2,3)4/h11,13,18H,7-10H2,1-6H3/t13-/m0/s1. The number of carbonyl (C=O) groups excluding carboxylic acids is 1. The van der Waals surface area contributed by atoms with Crippen molar-refractivity contribution in [2.45, 2.75) is 59.1 Å². The van der Waals surface area contributed by atoms with Crippen LogP contribution in [0.5, 0.6) is 0 Å². The van der Waals surface area contributed by atoms with E-state index in [0.29, 0.717) is 5.92 Å². The van der Waals surface area contributed by atoms with Crippen molar-refractivity contribution in [2.75, 3.05) is 19.6 Å². The Kier molecular flexibility index (Phi) is 5.36. The van der Waals surface area contributed by atoms with E-state index in [0.717, 1.165) is 36.8 Å². The number of nitrogens with zero attached hydrogens (tertiary/aromatic N) is 2. The molecule has 0 radical (unpaired) electrons. The number of nitrogens with one attached hydrogen (secondary N) is 1. The first-order chi connectivity index (χ1) is 10.6. The molecule has 5 nitrogen and oxygen atoms in total. The number of amides is 1. The number of hydrogen-bond donors (Lipinski definition) is 1. The summed E-state index contributed by atoms with van der Waals surface area (Å²) in [4.78, 5) is 18.5. The van der Waals surface area contributed by atoms with Crippen LogP contribution < -0.4 is 5.32 Å². The molecule has 23 heavy (non-hydrogen) atoms. The normalized spacial score (nSPS) is 19.2. The van der Waals surface area contributed by atoms with Crippen LogP contribution in [0.2, 0.25) is 0 Å². The highest BCUT2D eigenvalue weighted by atomic mass is 32.1. The number of ether oxygens (including phenoxy) is 1. The summed E-state index contributed by atoms with van der Waals surface area (Å²) in [6, 6.07) is 0. The van der Waals surface area contributed by atoms with Gasteiger partial charge in [0.05, 0.1) is 5.54 Å². The van der Waals surface area contributed by atoms with Crippen LogP contribution in [-0.4, -0.2) is 41.2 Å². The Hall–Kier alpha value is -1.14. The molecule has 1 amide bonds. The van der Waals surface area contributed by atoms with E-state index in [2.05, 4.69) is 29.5 Å². The van der Waals surface area contributed by atoms with Crippen LogP contribution in [0.3, 0.4) is 0 Å². The Morgan fingerprint density at radius 1 is 1.43 bits per heavy atom. The van der Waals surface area contributed by atoms with Gasteiger partial charge >= 0.3 is 6.09 Å². The fourth-order valence-corrected chi connectivity index (χ4v) is 3.51. The molecular formula is C17H29N3O2S. The maximum atomic E-state index is 12.1. The largest absolute Gasteiger partial charge is 0.444 e. The minimum atomic E-state index is -0.432. The first-order valence-electron chi connectivity index (χ1n) is 8.22. The zero-order valence-corrected chi connectivity index (χ0v) is 15.9. The molecule has 0 aromatic carbocycles. The van der Waals surface area contributed by atoms with Crippen LogP contribution in [0, 0.1) is 12.8 Å². The summed E-state index contributed by atoms with van der Waals surface area (Å²) in [5.74, 6) is 0.461. The average molecular weight is 340 g/mol. The molecule has 0 spiro atoms. The average Bonchev–Trinajstić information content (AvgIpc) is 3.03. The summed E-state index contributed by atoms with van der Waals surface area (Å²) >= 11 is 1.69. The lowest BCUT2D eigenvalue weighted by Gasteiger charge is -2.26. The van der Waals surface area contributed by atoms with Gasteiger partial charge in [0.2, 0.25) is 0 Å². The molecule has 1 aliphatic rings. The zero-order chi connectivity index (χ0) is 17.3. The Morgan fingerprint density at radius 2 is 2.13 bits per heavy atom. The highest BCUT2D eigenvalue weighted by Gasteiger charge is 2.31. The second-order valence-corrected chi connectivity index (χ2v) is 8.74. The van der Waals surface area contributed by atoms with E-state index in [4.69, 9.17) is 4.74 Å². The monoisotopic (exact) mass is 339 g/mol. The third-order valence-corrected chi connectivity index (χ3v) is 5.21. The summed E-state index contributed by atoms with van der Waals surface area (Å²) in [6.07, 6.45) is 0.814. The Balaban J connectivity index is 1.83. The number of aryl methyl sites for hydroxylation is 1. The number of rotatable bonds is 4. The zero-order valence-electron chi connectivity index (χ0n) is 15.1. The maximum Gasteiger partial charge on any atom is 0.410 e. The quantitative estimate of drug-likeness (QED) is 0.912. The molecule has 0 unspecified atom stereocenters. The number of likely N-dealkylation sites (tertiary alicyclic amines) is 1. The molecule has 1 fully saturated rings. The smallest absolute Gasteiger partial charge is 0.410 e. The topological polar surface area (TPSA) is 54.5 Å². The van der Waals surface area contributed by atoms with Crippen LogP contribution in [-0.2, 0) is 10.3 Å². The van der Waals surface area contributed by atoms with Crippen molar-refractivity contribution in [2.24, 2.45) is 5.92 Å². The van der Waals surface area contributed by atoms with Gasteiger partial charge in [-0.05, 0) is 53.9 Å². The molecule has 6 heteroatoms. The second-order valence-electron chi connectivity index (χ2n) is 7.88. The van der Waals surface area contributed by atoms with E-state index >= 15 is 0 Å². The molecule has 1 aromatic heterocycles. The fourth-order valence-electron chi connectivity index (χ4n) is 2.61. The van der Waals surface area contributed by atoms with Crippen LogP contribution in [0.1, 0.15) is 51.7 Å². The van der Waals surface area contributed by atoms with E-state index in [-0.39, 0.29) is 11.6 Å². The summed E-state index contributed by atoms with van der Waals surface area (Å²) in [6.45, 7) is 14.5. The lowest BCUT2D eigenvalue weighted by Crippen LogP contribution is -2.41. The van der Waals surface area contributed by atoms with Crippen molar-refractivity contribution in [3.63, 3.8) is 0 Å². The van der Waals surface area contributed by atoms with E-state index in [1.165, 1.54) is 0 Å². The minimum Gasteiger partial charge on any atom is -0.444 e. The van der Waals surface area contributed by atoms with Gasteiger partial charge in [0.1, 0.15) is 10.6 Å². The van der Waals surface area contributed by atoms with Crippen molar-refractivity contribution in [1.82, 2.24) is 15.2 Å². The summed E-state index contributed by atoms with van der Waals surface area (Å²) < 4.78 is 5.45. The van der Waals surface area contributed by atoms with Gasteiger partial charge in [-0.15, -0.1) is 11.3 Å². The molecule has 1 atom stereocenters. The fraction of sp³-hybridized carbons (Fsp3) is 0.765.